The Hall–Kier alpha value is -0.0800. The first-order valence-electron chi connectivity index (χ1n) is 5.53. The van der Waals surface area contributed by atoms with Crippen molar-refractivity contribution in [2.45, 2.75) is 32.0 Å². The fourth-order valence-electron chi connectivity index (χ4n) is 3.83. The Balaban J connectivity index is 1.74. The molecule has 2 bridgehead atoms. The summed E-state index contributed by atoms with van der Waals surface area (Å²) in [5.74, 6) is 3.81. The van der Waals surface area contributed by atoms with Gasteiger partial charge in [-0.1, -0.05) is 0 Å². The van der Waals surface area contributed by atoms with Crippen LogP contribution in [-0.2, 0) is 9.47 Å². The maximum Gasteiger partial charge on any atom is 0.157 e. The molecular weight excluding hydrogens is 164 g/mol. The van der Waals surface area contributed by atoms with Gasteiger partial charge in [-0.3, -0.25) is 0 Å². The Labute approximate surface area is 79.6 Å². The van der Waals surface area contributed by atoms with Gasteiger partial charge in [0.25, 0.3) is 0 Å². The smallest absolute Gasteiger partial charge is 0.157 e. The zero-order chi connectivity index (χ0) is 8.84. The Kier molecular flexibility index (Phi) is 1.88. The van der Waals surface area contributed by atoms with E-state index in [2.05, 4.69) is 0 Å². The molecule has 0 unspecified atom stereocenters. The first-order chi connectivity index (χ1) is 6.38. The lowest BCUT2D eigenvalue weighted by atomic mass is 9.76. The highest BCUT2D eigenvalue weighted by Gasteiger charge is 2.50. The molecular formula is C11H18O2. The van der Waals surface area contributed by atoms with Crippen LogP contribution in [0.5, 0.6) is 0 Å². The van der Waals surface area contributed by atoms with Gasteiger partial charge in [0.05, 0.1) is 6.61 Å². The molecule has 0 aromatic rings. The summed E-state index contributed by atoms with van der Waals surface area (Å²) >= 11 is 0. The number of methoxy groups -OCH3 is 1. The lowest BCUT2D eigenvalue weighted by molar-refractivity contribution is -0.183. The Morgan fingerprint density at radius 3 is 2.62 bits per heavy atom. The van der Waals surface area contributed by atoms with Crippen LogP contribution < -0.4 is 0 Å². The molecule has 2 saturated carbocycles. The predicted molar refractivity (Wildman–Crippen MR) is 49.2 cm³/mol. The van der Waals surface area contributed by atoms with Crippen molar-refractivity contribution in [3.63, 3.8) is 0 Å². The molecule has 0 radical (unpaired) electrons. The van der Waals surface area contributed by atoms with Gasteiger partial charge in [0, 0.05) is 13.5 Å². The normalized spacial score (nSPS) is 53.8. The van der Waals surface area contributed by atoms with E-state index in [1.54, 1.807) is 7.11 Å². The van der Waals surface area contributed by atoms with Gasteiger partial charge < -0.3 is 9.47 Å². The molecule has 74 valence electrons. The Morgan fingerprint density at radius 1 is 1.08 bits per heavy atom. The van der Waals surface area contributed by atoms with Crippen molar-refractivity contribution in [2.75, 3.05) is 13.7 Å². The minimum Gasteiger partial charge on any atom is -0.356 e. The van der Waals surface area contributed by atoms with E-state index >= 15 is 0 Å². The van der Waals surface area contributed by atoms with Crippen LogP contribution in [0.25, 0.3) is 0 Å². The molecule has 0 aromatic carbocycles. The second kappa shape index (κ2) is 2.96. The molecule has 2 heteroatoms. The molecule has 3 aliphatic rings. The van der Waals surface area contributed by atoms with Gasteiger partial charge in [-0.2, -0.15) is 0 Å². The van der Waals surface area contributed by atoms with Gasteiger partial charge >= 0.3 is 0 Å². The Morgan fingerprint density at radius 2 is 1.85 bits per heavy atom. The quantitative estimate of drug-likeness (QED) is 0.618. The first-order valence-corrected chi connectivity index (χ1v) is 5.53. The van der Waals surface area contributed by atoms with Crippen molar-refractivity contribution in [1.29, 1.82) is 0 Å². The average Bonchev–Trinajstić information content (AvgIpc) is 2.77. The van der Waals surface area contributed by atoms with Gasteiger partial charge in [-0.25, -0.2) is 0 Å². The molecule has 0 aromatic heterocycles. The molecule has 13 heavy (non-hydrogen) atoms. The van der Waals surface area contributed by atoms with Gasteiger partial charge in [0.2, 0.25) is 0 Å². The van der Waals surface area contributed by atoms with Crippen molar-refractivity contribution in [3.8, 4) is 0 Å². The minimum atomic E-state index is 0.0978. The third-order valence-electron chi connectivity index (χ3n) is 4.48. The number of ether oxygens (including phenoxy) is 2. The van der Waals surface area contributed by atoms with Gasteiger partial charge in [0.1, 0.15) is 0 Å². The largest absolute Gasteiger partial charge is 0.356 e. The minimum absolute atomic E-state index is 0.0978. The molecule has 0 N–H and O–H groups in total. The molecule has 3 fully saturated rings. The fraction of sp³-hybridized carbons (Fsp3) is 1.00. The number of fused-ring (bicyclic) bond motifs is 5. The summed E-state index contributed by atoms with van der Waals surface area (Å²) in [5.41, 5.74) is 0. The van der Waals surface area contributed by atoms with Crippen LogP contribution in [0.15, 0.2) is 0 Å². The summed E-state index contributed by atoms with van der Waals surface area (Å²) < 4.78 is 11.0. The molecule has 2 nitrogen and oxygen atoms in total. The van der Waals surface area contributed by atoms with E-state index < -0.39 is 0 Å². The maximum atomic E-state index is 5.67. The van der Waals surface area contributed by atoms with Crippen molar-refractivity contribution in [1.82, 2.24) is 0 Å². The molecule has 5 atom stereocenters. The standard InChI is InChI=1S/C11H18O2/c1-12-11-5-9-7-2-3-8(4-7)10(9)6-13-11/h7-11H,2-6H2,1H3/t7-,8+,9-,10+,11+/m0/s1. The lowest BCUT2D eigenvalue weighted by Gasteiger charge is -2.38. The third kappa shape index (κ3) is 1.15. The highest BCUT2D eigenvalue weighted by atomic mass is 16.7. The maximum absolute atomic E-state index is 5.67. The van der Waals surface area contributed by atoms with Crippen LogP contribution in [-0.4, -0.2) is 20.0 Å². The zero-order valence-corrected chi connectivity index (χ0v) is 8.24. The predicted octanol–water partition coefficient (Wildman–Crippen LogP) is 2.04. The summed E-state index contributed by atoms with van der Waals surface area (Å²) in [6.07, 6.45) is 5.67. The van der Waals surface area contributed by atoms with Gasteiger partial charge in [-0.15, -0.1) is 0 Å². The summed E-state index contributed by atoms with van der Waals surface area (Å²) in [6, 6.07) is 0. The fourth-order valence-corrected chi connectivity index (χ4v) is 3.83. The molecule has 1 heterocycles. The average molecular weight is 182 g/mol. The van der Waals surface area contributed by atoms with Crippen molar-refractivity contribution in [3.05, 3.63) is 0 Å². The van der Waals surface area contributed by atoms with Gasteiger partial charge in [0.15, 0.2) is 6.29 Å². The topological polar surface area (TPSA) is 18.5 Å². The van der Waals surface area contributed by atoms with Crippen LogP contribution in [0.1, 0.15) is 25.7 Å². The summed E-state index contributed by atoms with van der Waals surface area (Å²) in [7, 11) is 1.76. The third-order valence-corrected chi connectivity index (χ3v) is 4.48. The second-order valence-electron chi connectivity index (χ2n) is 4.90. The summed E-state index contributed by atoms with van der Waals surface area (Å²) in [4.78, 5) is 0. The van der Waals surface area contributed by atoms with E-state index in [0.717, 1.165) is 36.7 Å². The van der Waals surface area contributed by atoms with E-state index in [1.165, 1.54) is 19.3 Å². The highest BCUT2D eigenvalue weighted by molar-refractivity contribution is 4.97. The van der Waals surface area contributed by atoms with E-state index in [0.29, 0.717) is 0 Å². The van der Waals surface area contributed by atoms with Crippen LogP contribution >= 0.6 is 0 Å². The molecule has 0 spiro atoms. The van der Waals surface area contributed by atoms with Crippen LogP contribution in [0.3, 0.4) is 0 Å². The highest BCUT2D eigenvalue weighted by Crippen LogP contribution is 2.55. The van der Waals surface area contributed by atoms with Crippen LogP contribution in [0.4, 0.5) is 0 Å². The lowest BCUT2D eigenvalue weighted by Crippen LogP contribution is -2.37. The number of hydrogen-bond acceptors (Lipinski definition) is 2. The van der Waals surface area contributed by atoms with E-state index in [-0.39, 0.29) is 6.29 Å². The number of rotatable bonds is 1. The van der Waals surface area contributed by atoms with E-state index in [4.69, 9.17) is 9.47 Å². The first kappa shape index (κ1) is 8.25. The summed E-state index contributed by atoms with van der Waals surface area (Å²) in [5, 5.41) is 0. The van der Waals surface area contributed by atoms with Crippen molar-refractivity contribution >= 4 is 0 Å². The van der Waals surface area contributed by atoms with Gasteiger partial charge in [-0.05, 0) is 42.9 Å². The summed E-state index contributed by atoms with van der Waals surface area (Å²) in [6.45, 7) is 0.963. The second-order valence-corrected chi connectivity index (χ2v) is 4.90. The van der Waals surface area contributed by atoms with Crippen LogP contribution in [0, 0.1) is 23.7 Å². The monoisotopic (exact) mass is 182 g/mol. The SMILES string of the molecule is CO[C@H]1C[C@H]2[C@H]3CC[C@H](C3)[C@H]2CO1. The van der Waals surface area contributed by atoms with E-state index in [9.17, 15) is 0 Å². The molecule has 3 rings (SSSR count). The molecule has 0 amide bonds. The van der Waals surface area contributed by atoms with Crippen LogP contribution in [0.2, 0.25) is 0 Å². The Bertz CT molecular complexity index is 204. The molecule has 1 aliphatic heterocycles. The van der Waals surface area contributed by atoms with Crippen molar-refractivity contribution < 1.29 is 9.47 Å². The van der Waals surface area contributed by atoms with E-state index in [1.807, 2.05) is 0 Å². The molecule has 2 aliphatic carbocycles. The number of hydrogen-bond donors (Lipinski definition) is 0. The molecule has 1 saturated heterocycles. The van der Waals surface area contributed by atoms with Crippen molar-refractivity contribution in [2.24, 2.45) is 23.7 Å². The zero-order valence-electron chi connectivity index (χ0n) is 8.24.